The highest BCUT2D eigenvalue weighted by Gasteiger charge is 2.52. The molecule has 2 aliphatic heterocycles. The lowest BCUT2D eigenvalue weighted by atomic mass is 9.59. The zero-order chi connectivity index (χ0) is 25.6. The van der Waals surface area contributed by atoms with Gasteiger partial charge in [0.1, 0.15) is 11.7 Å². The van der Waals surface area contributed by atoms with Crippen LogP contribution in [0.4, 0.5) is 0 Å². The standard InChI is InChI=1S/C33H41NO3/c1-23-10-9-17-32(2)21-30-27(20-29(23)32)28(31(35)37-30)22-34-18-15-26(16-19-34)33(36,24-11-5-3-6-12-24)25-13-7-4-8-14-25/h3-8,11-14,20,23,26-28,30,36H,9-10,15-19,21-22H2,1-2H3/t23-,27+,28+,30-,32+/m1/s1. The Labute approximate surface area is 221 Å². The number of benzene rings is 2. The molecular weight excluding hydrogens is 458 g/mol. The number of nitrogens with zero attached hydrogens (tertiary/aromatic N) is 1. The zero-order valence-corrected chi connectivity index (χ0v) is 22.3. The molecule has 2 aromatic rings. The van der Waals surface area contributed by atoms with Crippen molar-refractivity contribution in [3.05, 3.63) is 83.4 Å². The van der Waals surface area contributed by atoms with Crippen LogP contribution in [0.3, 0.4) is 0 Å². The normalized spacial score (nSPS) is 32.8. The van der Waals surface area contributed by atoms with Crippen molar-refractivity contribution in [2.24, 2.45) is 29.1 Å². The molecule has 1 saturated carbocycles. The quantitative estimate of drug-likeness (QED) is 0.408. The summed E-state index contributed by atoms with van der Waals surface area (Å²) in [5, 5.41) is 12.2. The van der Waals surface area contributed by atoms with E-state index in [0.717, 1.165) is 50.0 Å². The van der Waals surface area contributed by atoms with E-state index in [1.165, 1.54) is 19.3 Å². The monoisotopic (exact) mass is 499 g/mol. The minimum atomic E-state index is -1.01. The van der Waals surface area contributed by atoms with Crippen LogP contribution in [0.15, 0.2) is 72.3 Å². The summed E-state index contributed by atoms with van der Waals surface area (Å²) in [6.07, 6.45) is 9.03. The van der Waals surface area contributed by atoms with Gasteiger partial charge in [-0.1, -0.05) is 92.6 Å². The lowest BCUT2D eigenvalue weighted by Crippen LogP contribution is -2.46. The third kappa shape index (κ3) is 4.36. The number of carbonyl (C=O) groups is 1. The molecule has 0 unspecified atom stereocenters. The molecule has 4 heteroatoms. The highest BCUT2D eigenvalue weighted by molar-refractivity contribution is 5.76. The van der Waals surface area contributed by atoms with Crippen LogP contribution in [0.1, 0.15) is 63.5 Å². The SMILES string of the molecule is C[C@@H]1CCC[C@@]2(C)C[C@H]3OC(=O)[C@@H](CN4CCC(C(O)(c5ccccc5)c5ccccc5)CC4)[C@@H]3C=C12. The number of esters is 1. The molecule has 5 atom stereocenters. The van der Waals surface area contributed by atoms with E-state index >= 15 is 0 Å². The summed E-state index contributed by atoms with van der Waals surface area (Å²) >= 11 is 0. The lowest BCUT2D eigenvalue weighted by molar-refractivity contribution is -0.145. The van der Waals surface area contributed by atoms with Gasteiger partial charge in [0, 0.05) is 12.5 Å². The van der Waals surface area contributed by atoms with Crippen molar-refractivity contribution in [3.63, 3.8) is 0 Å². The van der Waals surface area contributed by atoms with Gasteiger partial charge in [-0.25, -0.2) is 0 Å². The molecule has 4 nitrogen and oxygen atoms in total. The van der Waals surface area contributed by atoms with Crippen molar-refractivity contribution in [1.82, 2.24) is 4.90 Å². The molecule has 0 amide bonds. The number of fused-ring (bicyclic) bond motifs is 2. The average Bonchev–Trinajstić information content (AvgIpc) is 3.21. The summed E-state index contributed by atoms with van der Waals surface area (Å²) in [7, 11) is 0. The fourth-order valence-corrected chi connectivity index (χ4v) is 8.09. The summed E-state index contributed by atoms with van der Waals surface area (Å²) in [4.78, 5) is 15.5. The average molecular weight is 500 g/mol. The Morgan fingerprint density at radius 1 is 1.00 bits per heavy atom. The van der Waals surface area contributed by atoms with Crippen LogP contribution in [0, 0.1) is 29.1 Å². The van der Waals surface area contributed by atoms with E-state index < -0.39 is 5.60 Å². The molecule has 2 aromatic carbocycles. The van der Waals surface area contributed by atoms with Gasteiger partial charge < -0.3 is 14.7 Å². The third-order valence-electron chi connectivity index (χ3n) is 10.1. The first-order chi connectivity index (χ1) is 17.9. The maximum atomic E-state index is 13.1. The van der Waals surface area contributed by atoms with Crippen LogP contribution in [-0.2, 0) is 15.1 Å². The number of ether oxygens (including phenoxy) is 1. The number of aliphatic hydroxyl groups is 1. The Kier molecular flexibility index (Phi) is 6.53. The molecule has 196 valence electrons. The van der Waals surface area contributed by atoms with E-state index in [1.54, 1.807) is 5.57 Å². The first-order valence-electron chi connectivity index (χ1n) is 14.4. The molecule has 6 rings (SSSR count). The van der Waals surface area contributed by atoms with Gasteiger partial charge in [-0.3, -0.25) is 4.79 Å². The first kappa shape index (κ1) is 24.9. The summed E-state index contributed by atoms with van der Waals surface area (Å²) in [5.74, 6) is 0.862. The van der Waals surface area contributed by atoms with Gasteiger partial charge in [0.25, 0.3) is 0 Å². The van der Waals surface area contributed by atoms with Crippen LogP contribution in [0.2, 0.25) is 0 Å². The van der Waals surface area contributed by atoms with Crippen molar-refractivity contribution in [2.45, 2.75) is 64.1 Å². The maximum absolute atomic E-state index is 13.1. The number of rotatable bonds is 5. The van der Waals surface area contributed by atoms with Crippen molar-refractivity contribution in [1.29, 1.82) is 0 Å². The topological polar surface area (TPSA) is 49.8 Å². The molecule has 2 heterocycles. The lowest BCUT2D eigenvalue weighted by Gasteiger charge is -2.46. The number of hydrogen-bond donors (Lipinski definition) is 1. The Hall–Kier alpha value is -2.43. The van der Waals surface area contributed by atoms with E-state index in [2.05, 4.69) is 24.8 Å². The predicted molar refractivity (Wildman–Crippen MR) is 146 cm³/mol. The molecular formula is C33H41NO3. The Bertz CT molecular complexity index is 1100. The minimum absolute atomic E-state index is 0.00560. The molecule has 4 aliphatic rings. The second-order valence-electron chi connectivity index (χ2n) is 12.4. The number of allylic oxidation sites excluding steroid dienone is 1. The van der Waals surface area contributed by atoms with Gasteiger partial charge in [-0.2, -0.15) is 0 Å². The van der Waals surface area contributed by atoms with Gasteiger partial charge in [0.2, 0.25) is 0 Å². The number of likely N-dealkylation sites (tertiary alicyclic amines) is 1. The van der Waals surface area contributed by atoms with Crippen molar-refractivity contribution in [2.75, 3.05) is 19.6 Å². The van der Waals surface area contributed by atoms with Crippen molar-refractivity contribution in [3.8, 4) is 0 Å². The summed E-state index contributed by atoms with van der Waals surface area (Å²) < 4.78 is 6.01. The molecule has 1 N–H and O–H groups in total. The number of hydrogen-bond acceptors (Lipinski definition) is 4. The van der Waals surface area contributed by atoms with Crippen molar-refractivity contribution >= 4 is 5.97 Å². The Morgan fingerprint density at radius 2 is 1.62 bits per heavy atom. The minimum Gasteiger partial charge on any atom is -0.461 e. The van der Waals surface area contributed by atoms with Crippen LogP contribution in [0.25, 0.3) is 0 Å². The highest BCUT2D eigenvalue weighted by atomic mass is 16.6. The van der Waals surface area contributed by atoms with E-state index in [1.807, 2.05) is 60.7 Å². The fraction of sp³-hybridized carbons (Fsp3) is 0.545. The van der Waals surface area contributed by atoms with Gasteiger partial charge in [0.15, 0.2) is 0 Å². The van der Waals surface area contributed by atoms with E-state index in [-0.39, 0.29) is 35.2 Å². The molecule has 0 spiro atoms. The van der Waals surface area contributed by atoms with Gasteiger partial charge in [-0.15, -0.1) is 0 Å². The van der Waals surface area contributed by atoms with Crippen LogP contribution in [0.5, 0.6) is 0 Å². The second kappa shape index (κ2) is 9.71. The summed E-state index contributed by atoms with van der Waals surface area (Å²) in [6.45, 7) is 7.28. The van der Waals surface area contributed by atoms with E-state index in [0.29, 0.717) is 5.92 Å². The highest BCUT2D eigenvalue weighted by Crippen LogP contribution is 2.54. The van der Waals surface area contributed by atoms with Crippen LogP contribution < -0.4 is 0 Å². The number of carbonyl (C=O) groups excluding carboxylic acids is 1. The molecule has 37 heavy (non-hydrogen) atoms. The molecule has 0 radical (unpaired) electrons. The van der Waals surface area contributed by atoms with Crippen LogP contribution >= 0.6 is 0 Å². The van der Waals surface area contributed by atoms with E-state index in [9.17, 15) is 9.90 Å². The molecule has 0 aromatic heterocycles. The Morgan fingerprint density at radius 3 is 2.24 bits per heavy atom. The summed E-state index contributed by atoms with van der Waals surface area (Å²) in [6, 6.07) is 20.2. The molecule has 3 fully saturated rings. The van der Waals surface area contributed by atoms with Gasteiger partial charge in [0.05, 0.1) is 5.92 Å². The number of piperidine rings is 1. The maximum Gasteiger partial charge on any atom is 0.311 e. The second-order valence-corrected chi connectivity index (χ2v) is 12.4. The van der Waals surface area contributed by atoms with Crippen LogP contribution in [-0.4, -0.2) is 41.7 Å². The van der Waals surface area contributed by atoms with E-state index in [4.69, 9.17) is 4.74 Å². The molecule has 2 saturated heterocycles. The Balaban J connectivity index is 1.18. The largest absolute Gasteiger partial charge is 0.461 e. The molecule has 2 aliphatic carbocycles. The fourth-order valence-electron chi connectivity index (χ4n) is 8.09. The first-order valence-corrected chi connectivity index (χ1v) is 14.4. The van der Waals surface area contributed by atoms with Crippen molar-refractivity contribution < 1.29 is 14.6 Å². The van der Waals surface area contributed by atoms with Gasteiger partial charge >= 0.3 is 5.97 Å². The van der Waals surface area contributed by atoms with Gasteiger partial charge in [-0.05, 0) is 73.6 Å². The molecule has 0 bridgehead atoms. The predicted octanol–water partition coefficient (Wildman–Crippen LogP) is 5.95. The smallest absolute Gasteiger partial charge is 0.311 e. The zero-order valence-electron chi connectivity index (χ0n) is 22.3. The third-order valence-corrected chi connectivity index (χ3v) is 10.1. The summed E-state index contributed by atoms with van der Waals surface area (Å²) in [5.41, 5.74) is 2.69.